The van der Waals surface area contributed by atoms with Gasteiger partial charge in [0.15, 0.2) is 0 Å². The van der Waals surface area contributed by atoms with Crippen LogP contribution in [0.3, 0.4) is 0 Å². The van der Waals surface area contributed by atoms with Crippen LogP contribution in [-0.2, 0) is 5.41 Å². The highest BCUT2D eigenvalue weighted by atomic mass is 35.5. The zero-order valence-electron chi connectivity index (χ0n) is 8.60. The fraction of sp³-hybridized carbons (Fsp3) is 0.333. The van der Waals surface area contributed by atoms with E-state index < -0.39 is 0 Å². The van der Waals surface area contributed by atoms with Crippen molar-refractivity contribution in [3.8, 4) is 0 Å². The summed E-state index contributed by atoms with van der Waals surface area (Å²) in [6, 6.07) is 7.74. The Morgan fingerprint density at radius 3 is 2.50 bits per heavy atom. The van der Waals surface area contributed by atoms with Gasteiger partial charge >= 0.3 is 0 Å². The maximum Gasteiger partial charge on any atom is 0.134 e. The van der Waals surface area contributed by atoms with E-state index in [-0.39, 0.29) is 5.41 Å². The van der Waals surface area contributed by atoms with E-state index >= 15 is 0 Å². The van der Waals surface area contributed by atoms with Crippen molar-refractivity contribution in [1.82, 2.24) is 0 Å². The lowest BCUT2D eigenvalue weighted by molar-refractivity contribution is 0.430. The van der Waals surface area contributed by atoms with E-state index in [1.807, 2.05) is 18.2 Å². The second kappa shape index (κ2) is 3.03. The maximum atomic E-state index is 5.90. The predicted octanol–water partition coefficient (Wildman–Crippen LogP) is 4.38. The first-order valence-electron chi connectivity index (χ1n) is 4.66. The van der Waals surface area contributed by atoms with Crippen LogP contribution in [0, 0.1) is 0 Å². The van der Waals surface area contributed by atoms with Crippen molar-refractivity contribution in [1.29, 1.82) is 0 Å². The molecular formula is C12H13ClO. The highest BCUT2D eigenvalue weighted by Crippen LogP contribution is 2.30. The third-order valence-corrected chi connectivity index (χ3v) is 2.45. The van der Waals surface area contributed by atoms with Gasteiger partial charge in [0, 0.05) is 15.8 Å². The van der Waals surface area contributed by atoms with Crippen LogP contribution in [0.4, 0.5) is 0 Å². The van der Waals surface area contributed by atoms with Gasteiger partial charge in [-0.2, -0.15) is 0 Å². The van der Waals surface area contributed by atoms with Crippen molar-refractivity contribution in [2.75, 3.05) is 0 Å². The van der Waals surface area contributed by atoms with Crippen molar-refractivity contribution < 1.29 is 4.42 Å². The molecule has 74 valence electrons. The first-order chi connectivity index (χ1) is 6.47. The first kappa shape index (κ1) is 9.60. The zero-order chi connectivity index (χ0) is 10.3. The van der Waals surface area contributed by atoms with E-state index in [0.717, 1.165) is 21.8 Å². The summed E-state index contributed by atoms with van der Waals surface area (Å²) >= 11 is 5.90. The molecule has 1 heterocycles. The number of halogens is 1. The lowest BCUT2D eigenvalue weighted by Crippen LogP contribution is -2.08. The Morgan fingerprint density at radius 2 is 1.86 bits per heavy atom. The normalized spacial score (nSPS) is 12.3. The van der Waals surface area contributed by atoms with E-state index in [4.69, 9.17) is 16.0 Å². The first-order valence-corrected chi connectivity index (χ1v) is 5.04. The SMILES string of the molecule is CC(C)(C)c1cc2cc(Cl)ccc2o1. The number of fused-ring (bicyclic) bond motifs is 1. The topological polar surface area (TPSA) is 13.1 Å². The monoisotopic (exact) mass is 208 g/mol. The summed E-state index contributed by atoms with van der Waals surface area (Å²) < 4.78 is 5.73. The molecule has 0 radical (unpaired) electrons. The molecule has 0 unspecified atom stereocenters. The Kier molecular flexibility index (Phi) is 2.07. The van der Waals surface area contributed by atoms with Crippen LogP contribution in [0.5, 0.6) is 0 Å². The molecule has 14 heavy (non-hydrogen) atoms. The Balaban J connectivity index is 2.63. The highest BCUT2D eigenvalue weighted by Gasteiger charge is 2.18. The van der Waals surface area contributed by atoms with Crippen molar-refractivity contribution in [2.24, 2.45) is 0 Å². The van der Waals surface area contributed by atoms with Gasteiger partial charge in [-0.3, -0.25) is 0 Å². The van der Waals surface area contributed by atoms with Gasteiger partial charge in [-0.25, -0.2) is 0 Å². The molecule has 2 aromatic rings. The van der Waals surface area contributed by atoms with Crippen molar-refractivity contribution >= 4 is 22.6 Å². The van der Waals surface area contributed by atoms with Crippen LogP contribution in [-0.4, -0.2) is 0 Å². The summed E-state index contributed by atoms with van der Waals surface area (Å²) in [5, 5.41) is 1.82. The Labute approximate surface area is 88.7 Å². The van der Waals surface area contributed by atoms with Gasteiger partial charge in [0.1, 0.15) is 11.3 Å². The number of furan rings is 1. The Morgan fingerprint density at radius 1 is 1.14 bits per heavy atom. The van der Waals surface area contributed by atoms with Gasteiger partial charge < -0.3 is 4.42 Å². The third-order valence-electron chi connectivity index (χ3n) is 2.22. The molecule has 0 atom stereocenters. The van der Waals surface area contributed by atoms with E-state index in [0.29, 0.717) is 0 Å². The molecule has 1 aromatic heterocycles. The molecule has 0 N–H and O–H groups in total. The summed E-state index contributed by atoms with van der Waals surface area (Å²) in [5.74, 6) is 0.995. The van der Waals surface area contributed by atoms with Gasteiger partial charge in [-0.05, 0) is 24.3 Å². The standard InChI is InChI=1S/C12H13ClO/c1-12(2,3)11-7-8-6-9(13)4-5-10(8)14-11/h4-7H,1-3H3. The molecule has 0 aliphatic carbocycles. The van der Waals surface area contributed by atoms with Crippen LogP contribution >= 0.6 is 11.6 Å². The minimum absolute atomic E-state index is 0.0471. The van der Waals surface area contributed by atoms with Crippen LogP contribution in [0.15, 0.2) is 28.7 Å². The Hall–Kier alpha value is -0.950. The van der Waals surface area contributed by atoms with E-state index in [2.05, 4.69) is 26.8 Å². The average molecular weight is 209 g/mol. The maximum absolute atomic E-state index is 5.90. The van der Waals surface area contributed by atoms with Crippen molar-refractivity contribution in [3.63, 3.8) is 0 Å². The fourth-order valence-corrected chi connectivity index (χ4v) is 1.56. The molecule has 1 nitrogen and oxygen atoms in total. The molecular weight excluding hydrogens is 196 g/mol. The molecule has 0 saturated heterocycles. The van der Waals surface area contributed by atoms with Gasteiger partial charge in [0.05, 0.1) is 0 Å². The summed E-state index contributed by atoms with van der Waals surface area (Å²) in [4.78, 5) is 0. The number of benzene rings is 1. The Bertz CT molecular complexity index is 463. The molecule has 0 bridgehead atoms. The van der Waals surface area contributed by atoms with Crippen molar-refractivity contribution in [2.45, 2.75) is 26.2 Å². The smallest absolute Gasteiger partial charge is 0.134 e. The molecule has 0 fully saturated rings. The largest absolute Gasteiger partial charge is 0.461 e. The molecule has 0 amide bonds. The fourth-order valence-electron chi connectivity index (χ4n) is 1.38. The van der Waals surface area contributed by atoms with E-state index in [1.54, 1.807) is 0 Å². The lowest BCUT2D eigenvalue weighted by Gasteiger charge is -2.13. The van der Waals surface area contributed by atoms with E-state index in [9.17, 15) is 0 Å². The van der Waals surface area contributed by atoms with Gasteiger partial charge in [0.25, 0.3) is 0 Å². The molecule has 0 aliphatic rings. The van der Waals surface area contributed by atoms with Gasteiger partial charge in [0.2, 0.25) is 0 Å². The summed E-state index contributed by atoms with van der Waals surface area (Å²) in [6.45, 7) is 6.39. The summed E-state index contributed by atoms with van der Waals surface area (Å²) in [7, 11) is 0. The number of hydrogen-bond donors (Lipinski definition) is 0. The molecule has 1 aromatic carbocycles. The van der Waals surface area contributed by atoms with Crippen LogP contribution in [0.25, 0.3) is 11.0 Å². The average Bonchev–Trinajstić information content (AvgIpc) is 2.45. The molecule has 2 rings (SSSR count). The second-order valence-corrected chi connectivity index (χ2v) is 4.98. The third kappa shape index (κ3) is 1.64. The van der Waals surface area contributed by atoms with Gasteiger partial charge in [-0.15, -0.1) is 0 Å². The second-order valence-electron chi connectivity index (χ2n) is 4.54. The minimum atomic E-state index is 0.0471. The molecule has 0 saturated carbocycles. The molecule has 0 aliphatic heterocycles. The molecule has 0 spiro atoms. The van der Waals surface area contributed by atoms with Crippen LogP contribution < -0.4 is 0 Å². The van der Waals surface area contributed by atoms with Crippen LogP contribution in [0.1, 0.15) is 26.5 Å². The lowest BCUT2D eigenvalue weighted by atomic mass is 9.93. The predicted molar refractivity (Wildman–Crippen MR) is 59.9 cm³/mol. The van der Waals surface area contributed by atoms with Crippen LogP contribution in [0.2, 0.25) is 5.02 Å². The highest BCUT2D eigenvalue weighted by molar-refractivity contribution is 6.31. The van der Waals surface area contributed by atoms with Crippen molar-refractivity contribution in [3.05, 3.63) is 35.0 Å². The summed E-state index contributed by atoms with van der Waals surface area (Å²) in [6.07, 6.45) is 0. The number of hydrogen-bond acceptors (Lipinski definition) is 1. The van der Waals surface area contributed by atoms with E-state index in [1.165, 1.54) is 0 Å². The molecule has 2 heteroatoms. The minimum Gasteiger partial charge on any atom is -0.461 e. The summed E-state index contributed by atoms with van der Waals surface area (Å²) in [5.41, 5.74) is 0.949. The van der Waals surface area contributed by atoms with Gasteiger partial charge in [-0.1, -0.05) is 32.4 Å². The zero-order valence-corrected chi connectivity index (χ0v) is 9.35. The number of rotatable bonds is 0. The quantitative estimate of drug-likeness (QED) is 0.626.